The summed E-state index contributed by atoms with van der Waals surface area (Å²) in [6.07, 6.45) is 4.32. The van der Waals surface area contributed by atoms with Crippen LogP contribution in [0.15, 0.2) is 52.7 Å². The molecule has 0 bridgehead atoms. The lowest BCUT2D eigenvalue weighted by Crippen LogP contribution is -2.07. The zero-order valence-corrected chi connectivity index (χ0v) is 13.7. The lowest BCUT2D eigenvalue weighted by molar-refractivity contribution is 0.0461. The van der Waals surface area contributed by atoms with Crippen molar-refractivity contribution in [3.05, 3.63) is 64.1 Å². The number of benzene rings is 1. The normalized spacial score (nSPS) is 10.4. The first-order chi connectivity index (χ1) is 10.7. The molecular weight excluding hydrogens is 366 g/mol. The molecule has 0 saturated carbocycles. The summed E-state index contributed by atoms with van der Waals surface area (Å²) in [5.74, 6) is -0.509. The summed E-state index contributed by atoms with van der Waals surface area (Å²) in [5.41, 5.74) is 1.91. The third kappa shape index (κ3) is 3.55. The van der Waals surface area contributed by atoms with Crippen LogP contribution in [0.25, 0.3) is 10.6 Å². The van der Waals surface area contributed by atoms with Crippen LogP contribution >= 0.6 is 27.3 Å². The van der Waals surface area contributed by atoms with Crippen molar-refractivity contribution in [2.75, 3.05) is 0 Å². The summed E-state index contributed by atoms with van der Waals surface area (Å²) < 4.78 is 6.18. The van der Waals surface area contributed by atoms with Crippen LogP contribution in [0.3, 0.4) is 0 Å². The van der Waals surface area contributed by atoms with E-state index in [1.54, 1.807) is 0 Å². The van der Waals surface area contributed by atoms with Gasteiger partial charge in [-0.1, -0.05) is 28.1 Å². The number of thiazole rings is 1. The molecule has 0 radical (unpaired) electrons. The molecule has 0 aliphatic carbocycles. The van der Waals surface area contributed by atoms with Gasteiger partial charge >= 0.3 is 5.97 Å². The smallest absolute Gasteiger partial charge is 0.358 e. The first-order valence-electron chi connectivity index (χ1n) is 6.36. The Hall–Kier alpha value is -2.12. The molecule has 5 nitrogen and oxygen atoms in total. The van der Waals surface area contributed by atoms with Gasteiger partial charge in [-0.3, -0.25) is 4.98 Å². The van der Waals surface area contributed by atoms with E-state index >= 15 is 0 Å². The van der Waals surface area contributed by atoms with E-state index in [0.29, 0.717) is 5.69 Å². The van der Waals surface area contributed by atoms with Crippen LogP contribution in [0.1, 0.15) is 16.2 Å². The number of aromatic nitrogens is 3. The maximum atomic E-state index is 11.8. The van der Waals surface area contributed by atoms with Gasteiger partial charge in [0.1, 0.15) is 11.6 Å². The van der Waals surface area contributed by atoms with E-state index in [-0.39, 0.29) is 12.3 Å². The fourth-order valence-electron chi connectivity index (χ4n) is 1.75. The number of rotatable bonds is 4. The molecule has 2 heterocycles. The van der Waals surface area contributed by atoms with E-state index < -0.39 is 5.97 Å². The van der Waals surface area contributed by atoms with Gasteiger partial charge in [0.25, 0.3) is 0 Å². The minimum absolute atomic E-state index is 0.111. The molecule has 0 fully saturated rings. The third-order valence-corrected chi connectivity index (χ3v) is 4.18. The third-order valence-electron chi connectivity index (χ3n) is 2.75. The molecular formula is C15H10BrN3O2S. The average Bonchev–Trinajstić information content (AvgIpc) is 3.02. The van der Waals surface area contributed by atoms with Crippen LogP contribution in [0, 0.1) is 0 Å². The molecule has 0 unspecified atom stereocenters. The van der Waals surface area contributed by atoms with Crippen LogP contribution in [0.2, 0.25) is 0 Å². The van der Waals surface area contributed by atoms with Crippen LogP contribution in [-0.2, 0) is 11.3 Å². The molecule has 22 heavy (non-hydrogen) atoms. The highest BCUT2D eigenvalue weighted by Gasteiger charge is 2.11. The number of ether oxygens (including phenoxy) is 1. The molecule has 0 saturated heterocycles. The van der Waals surface area contributed by atoms with Crippen molar-refractivity contribution in [1.82, 2.24) is 15.0 Å². The van der Waals surface area contributed by atoms with Crippen molar-refractivity contribution >= 4 is 33.2 Å². The molecule has 0 aliphatic heterocycles. The van der Waals surface area contributed by atoms with Gasteiger partial charge in [0.2, 0.25) is 0 Å². The fraction of sp³-hybridized carbons (Fsp3) is 0.0667. The van der Waals surface area contributed by atoms with Crippen molar-refractivity contribution < 1.29 is 9.53 Å². The fourth-order valence-corrected chi connectivity index (χ4v) is 2.95. The minimum atomic E-state index is -0.509. The van der Waals surface area contributed by atoms with E-state index in [9.17, 15) is 4.79 Å². The lowest BCUT2D eigenvalue weighted by Gasteiger charge is -2.01. The number of esters is 1. The number of carbonyl (C=O) groups excluding carboxylic acids is 1. The molecule has 0 atom stereocenters. The highest BCUT2D eigenvalue weighted by molar-refractivity contribution is 9.10. The van der Waals surface area contributed by atoms with Crippen molar-refractivity contribution in [1.29, 1.82) is 0 Å². The number of hydrogen-bond acceptors (Lipinski definition) is 6. The molecule has 0 N–H and O–H groups in total. The van der Waals surface area contributed by atoms with Crippen LogP contribution in [0.5, 0.6) is 0 Å². The number of carbonyl (C=O) groups is 1. The molecule has 2 aromatic heterocycles. The van der Waals surface area contributed by atoms with Gasteiger partial charge in [0.15, 0.2) is 5.69 Å². The summed E-state index contributed by atoms with van der Waals surface area (Å²) in [6, 6.07) is 7.89. The predicted molar refractivity (Wildman–Crippen MR) is 86.4 cm³/mol. The van der Waals surface area contributed by atoms with Crippen LogP contribution in [0.4, 0.5) is 0 Å². The maximum absolute atomic E-state index is 11.8. The predicted octanol–water partition coefficient (Wildman–Crippen LogP) is 3.72. The number of hydrogen-bond donors (Lipinski definition) is 0. The van der Waals surface area contributed by atoms with Gasteiger partial charge in [-0.05, 0) is 12.1 Å². The largest absolute Gasteiger partial charge is 0.454 e. The summed E-state index contributed by atoms with van der Waals surface area (Å²) in [7, 11) is 0. The van der Waals surface area contributed by atoms with Gasteiger partial charge in [0, 0.05) is 27.8 Å². The summed E-state index contributed by atoms with van der Waals surface area (Å²) in [5, 5.41) is 2.76. The molecule has 7 heteroatoms. The summed E-state index contributed by atoms with van der Waals surface area (Å²) in [6.45, 7) is 0.111. The highest BCUT2D eigenvalue weighted by Crippen LogP contribution is 2.26. The molecule has 3 aromatic rings. The first kappa shape index (κ1) is 14.8. The SMILES string of the molecule is O=C(OCc1csc(-c2cccc(Br)c2)n1)c1cnccn1. The Morgan fingerprint density at radius 3 is 3.00 bits per heavy atom. The highest BCUT2D eigenvalue weighted by atomic mass is 79.9. The molecule has 3 rings (SSSR count). The Morgan fingerprint density at radius 2 is 2.23 bits per heavy atom. The average molecular weight is 376 g/mol. The monoisotopic (exact) mass is 375 g/mol. The Kier molecular flexibility index (Phi) is 4.55. The topological polar surface area (TPSA) is 65.0 Å². The van der Waals surface area contributed by atoms with E-state index in [0.717, 1.165) is 15.0 Å². The second kappa shape index (κ2) is 6.76. The standard InChI is InChI=1S/C15H10BrN3O2S/c16-11-3-1-2-10(6-11)14-19-12(9-22-14)8-21-15(20)13-7-17-4-5-18-13/h1-7,9H,8H2. The number of nitrogens with zero attached hydrogens (tertiary/aromatic N) is 3. The zero-order chi connectivity index (χ0) is 15.4. The van der Waals surface area contributed by atoms with E-state index in [1.165, 1.54) is 29.9 Å². The quantitative estimate of drug-likeness (QED) is 0.650. The minimum Gasteiger partial charge on any atom is -0.454 e. The molecule has 0 aliphatic rings. The Labute approximate surface area is 139 Å². The maximum Gasteiger partial charge on any atom is 0.358 e. The van der Waals surface area contributed by atoms with E-state index in [4.69, 9.17) is 4.74 Å². The van der Waals surface area contributed by atoms with Crippen molar-refractivity contribution in [2.45, 2.75) is 6.61 Å². The van der Waals surface area contributed by atoms with Gasteiger partial charge in [-0.2, -0.15) is 0 Å². The molecule has 0 spiro atoms. The van der Waals surface area contributed by atoms with Gasteiger partial charge in [0.05, 0.1) is 11.9 Å². The first-order valence-corrected chi connectivity index (χ1v) is 8.03. The summed E-state index contributed by atoms with van der Waals surface area (Å²) in [4.78, 5) is 24.0. The zero-order valence-electron chi connectivity index (χ0n) is 11.3. The van der Waals surface area contributed by atoms with Gasteiger partial charge in [-0.15, -0.1) is 11.3 Å². The Morgan fingerprint density at radius 1 is 1.32 bits per heavy atom. The molecule has 110 valence electrons. The summed E-state index contributed by atoms with van der Waals surface area (Å²) >= 11 is 4.94. The van der Waals surface area contributed by atoms with Crippen LogP contribution < -0.4 is 0 Å². The number of halogens is 1. The second-order valence-corrected chi connectivity index (χ2v) is 6.09. The molecule has 1 aromatic carbocycles. The van der Waals surface area contributed by atoms with Crippen molar-refractivity contribution in [2.24, 2.45) is 0 Å². The lowest BCUT2D eigenvalue weighted by atomic mass is 10.2. The van der Waals surface area contributed by atoms with Crippen molar-refractivity contribution in [3.63, 3.8) is 0 Å². The van der Waals surface area contributed by atoms with Crippen LogP contribution in [-0.4, -0.2) is 20.9 Å². The molecule has 0 amide bonds. The van der Waals surface area contributed by atoms with E-state index in [1.807, 2.05) is 29.6 Å². The Balaban J connectivity index is 1.66. The van der Waals surface area contributed by atoms with Crippen molar-refractivity contribution in [3.8, 4) is 10.6 Å². The van der Waals surface area contributed by atoms with Gasteiger partial charge in [-0.25, -0.2) is 14.8 Å². The second-order valence-electron chi connectivity index (χ2n) is 4.32. The van der Waals surface area contributed by atoms with E-state index in [2.05, 4.69) is 30.9 Å². The Bertz CT molecular complexity index is 792. The van der Waals surface area contributed by atoms with Gasteiger partial charge < -0.3 is 4.74 Å².